The molecule has 1 aliphatic carbocycles. The molecule has 0 aromatic heterocycles. The molecular formula is C8H13Cl. The number of alkyl halides is 1. The Morgan fingerprint density at radius 2 is 2.33 bits per heavy atom. The van der Waals surface area contributed by atoms with Gasteiger partial charge in [-0.15, -0.1) is 11.6 Å². The molecule has 0 heterocycles. The van der Waals surface area contributed by atoms with Crippen LogP contribution in [0.15, 0.2) is 12.2 Å². The van der Waals surface area contributed by atoms with Gasteiger partial charge < -0.3 is 0 Å². The zero-order valence-corrected chi connectivity index (χ0v) is 6.62. The Hall–Kier alpha value is 0.0300. The summed E-state index contributed by atoms with van der Waals surface area (Å²) in [6, 6.07) is 0. The molecule has 0 N–H and O–H groups in total. The minimum atomic E-state index is 0.353. The summed E-state index contributed by atoms with van der Waals surface area (Å²) in [6.07, 6.45) is 3.44. The molecule has 0 bridgehead atoms. The monoisotopic (exact) mass is 144 g/mol. The van der Waals surface area contributed by atoms with Crippen molar-refractivity contribution in [3.8, 4) is 0 Å². The maximum Gasteiger partial charge on any atom is 0.0398 e. The van der Waals surface area contributed by atoms with E-state index in [2.05, 4.69) is 13.5 Å². The van der Waals surface area contributed by atoms with E-state index in [-0.39, 0.29) is 0 Å². The first-order chi connectivity index (χ1) is 4.20. The fourth-order valence-corrected chi connectivity index (χ4v) is 1.54. The van der Waals surface area contributed by atoms with Gasteiger partial charge in [-0.3, -0.25) is 0 Å². The predicted molar refractivity (Wildman–Crippen MR) is 41.8 cm³/mol. The van der Waals surface area contributed by atoms with E-state index in [1.807, 2.05) is 0 Å². The van der Waals surface area contributed by atoms with E-state index in [4.69, 9.17) is 11.6 Å². The second kappa shape index (κ2) is 2.74. The molecule has 2 unspecified atom stereocenters. The van der Waals surface area contributed by atoms with Gasteiger partial charge in [-0.1, -0.05) is 19.1 Å². The lowest BCUT2D eigenvalue weighted by atomic mass is 9.87. The van der Waals surface area contributed by atoms with Crippen LogP contribution < -0.4 is 0 Å². The summed E-state index contributed by atoms with van der Waals surface area (Å²) in [4.78, 5) is 0. The first kappa shape index (κ1) is 7.14. The summed E-state index contributed by atoms with van der Waals surface area (Å²) in [5, 5.41) is 0.353. The van der Waals surface area contributed by atoms with E-state index in [9.17, 15) is 0 Å². The molecule has 1 aliphatic rings. The molecule has 52 valence electrons. The van der Waals surface area contributed by atoms with Crippen LogP contribution in [-0.4, -0.2) is 5.38 Å². The summed E-state index contributed by atoms with van der Waals surface area (Å²) < 4.78 is 0. The fraction of sp³-hybridized carbons (Fsp3) is 0.750. The Morgan fingerprint density at radius 3 is 2.78 bits per heavy atom. The van der Waals surface area contributed by atoms with Gasteiger partial charge in [0.05, 0.1) is 0 Å². The van der Waals surface area contributed by atoms with Gasteiger partial charge in [-0.25, -0.2) is 0 Å². The highest BCUT2D eigenvalue weighted by Gasteiger charge is 2.20. The summed E-state index contributed by atoms with van der Waals surface area (Å²) >= 11 is 6.00. The molecule has 9 heavy (non-hydrogen) atoms. The molecule has 0 amide bonds. The molecule has 0 nitrogen and oxygen atoms in total. The topological polar surface area (TPSA) is 0 Å². The zero-order chi connectivity index (χ0) is 6.85. The van der Waals surface area contributed by atoms with E-state index in [0.29, 0.717) is 11.3 Å². The smallest absolute Gasteiger partial charge is 0.0398 e. The first-order valence-electron chi connectivity index (χ1n) is 3.51. The highest BCUT2D eigenvalue weighted by Crippen LogP contribution is 2.30. The molecule has 1 rings (SSSR count). The Labute approximate surface area is 61.9 Å². The maximum absolute atomic E-state index is 6.00. The average Bonchev–Trinajstić information content (AvgIpc) is 1.80. The second-order valence-electron chi connectivity index (χ2n) is 2.99. The van der Waals surface area contributed by atoms with Crippen LogP contribution in [0.4, 0.5) is 0 Å². The van der Waals surface area contributed by atoms with Crippen LogP contribution in [0, 0.1) is 5.92 Å². The maximum atomic E-state index is 6.00. The lowest BCUT2D eigenvalue weighted by Gasteiger charge is -2.24. The molecule has 0 saturated heterocycles. The van der Waals surface area contributed by atoms with E-state index < -0.39 is 0 Å². The number of hydrogen-bond donors (Lipinski definition) is 0. The molecule has 0 spiro atoms. The molecule has 1 saturated carbocycles. The van der Waals surface area contributed by atoms with Crippen molar-refractivity contribution in [2.24, 2.45) is 5.92 Å². The van der Waals surface area contributed by atoms with Crippen molar-refractivity contribution in [3.63, 3.8) is 0 Å². The van der Waals surface area contributed by atoms with Crippen molar-refractivity contribution in [1.29, 1.82) is 0 Å². The van der Waals surface area contributed by atoms with Gasteiger partial charge in [0.2, 0.25) is 0 Å². The van der Waals surface area contributed by atoms with Crippen LogP contribution >= 0.6 is 11.6 Å². The third-order valence-corrected chi connectivity index (χ3v) is 2.64. The van der Waals surface area contributed by atoms with Gasteiger partial charge in [0.1, 0.15) is 0 Å². The van der Waals surface area contributed by atoms with E-state index in [1.165, 1.54) is 18.4 Å². The van der Waals surface area contributed by atoms with Crippen molar-refractivity contribution in [2.45, 2.75) is 31.6 Å². The molecule has 2 atom stereocenters. The largest absolute Gasteiger partial charge is 0.122 e. The third kappa shape index (κ3) is 1.72. The van der Waals surface area contributed by atoms with Gasteiger partial charge in [0.15, 0.2) is 0 Å². The Bertz CT molecular complexity index is 118. The SMILES string of the molecule is C=C1CCC(C)C(Cl)C1. The number of rotatable bonds is 0. The third-order valence-electron chi connectivity index (χ3n) is 2.05. The average molecular weight is 145 g/mol. The predicted octanol–water partition coefficient (Wildman–Crippen LogP) is 2.97. The van der Waals surface area contributed by atoms with E-state index in [0.717, 1.165) is 6.42 Å². The highest BCUT2D eigenvalue weighted by molar-refractivity contribution is 6.21. The Balaban J connectivity index is 2.44. The Morgan fingerprint density at radius 1 is 1.67 bits per heavy atom. The normalized spacial score (nSPS) is 36.9. The van der Waals surface area contributed by atoms with E-state index in [1.54, 1.807) is 0 Å². The molecule has 0 aromatic rings. The lowest BCUT2D eigenvalue weighted by molar-refractivity contribution is 0.452. The number of halogens is 1. The minimum absolute atomic E-state index is 0.353. The fourth-order valence-electron chi connectivity index (χ4n) is 1.19. The minimum Gasteiger partial charge on any atom is -0.122 e. The van der Waals surface area contributed by atoms with Crippen molar-refractivity contribution in [2.75, 3.05) is 0 Å². The van der Waals surface area contributed by atoms with Gasteiger partial charge in [0.25, 0.3) is 0 Å². The van der Waals surface area contributed by atoms with Crippen molar-refractivity contribution >= 4 is 11.6 Å². The molecule has 0 radical (unpaired) electrons. The van der Waals surface area contributed by atoms with Gasteiger partial charge in [-0.2, -0.15) is 0 Å². The van der Waals surface area contributed by atoms with Crippen LogP contribution in [0.5, 0.6) is 0 Å². The van der Waals surface area contributed by atoms with E-state index >= 15 is 0 Å². The van der Waals surface area contributed by atoms with Crippen LogP contribution in [0.2, 0.25) is 0 Å². The lowest BCUT2D eigenvalue weighted by Crippen LogP contribution is -2.17. The molecule has 0 aliphatic heterocycles. The molecule has 1 fully saturated rings. The number of allylic oxidation sites excluding steroid dienone is 1. The summed E-state index contributed by atoms with van der Waals surface area (Å²) in [5.74, 6) is 0.692. The van der Waals surface area contributed by atoms with Crippen molar-refractivity contribution in [3.05, 3.63) is 12.2 Å². The van der Waals surface area contributed by atoms with Crippen LogP contribution in [0.25, 0.3) is 0 Å². The second-order valence-corrected chi connectivity index (χ2v) is 3.55. The first-order valence-corrected chi connectivity index (χ1v) is 3.94. The van der Waals surface area contributed by atoms with Gasteiger partial charge in [0, 0.05) is 5.38 Å². The van der Waals surface area contributed by atoms with Crippen LogP contribution in [0.1, 0.15) is 26.2 Å². The Kier molecular flexibility index (Phi) is 2.18. The quantitative estimate of drug-likeness (QED) is 0.362. The molecule has 1 heteroatoms. The molecule has 0 aromatic carbocycles. The summed E-state index contributed by atoms with van der Waals surface area (Å²) in [6.45, 7) is 6.13. The zero-order valence-electron chi connectivity index (χ0n) is 5.86. The van der Waals surface area contributed by atoms with Crippen molar-refractivity contribution < 1.29 is 0 Å². The molecular weight excluding hydrogens is 132 g/mol. The van der Waals surface area contributed by atoms with Crippen molar-refractivity contribution in [1.82, 2.24) is 0 Å². The standard InChI is InChI=1S/C8H13Cl/c1-6-3-4-7(2)8(9)5-6/h7-8H,1,3-5H2,2H3. The van der Waals surface area contributed by atoms with Crippen LogP contribution in [0.3, 0.4) is 0 Å². The number of hydrogen-bond acceptors (Lipinski definition) is 0. The van der Waals surface area contributed by atoms with Gasteiger partial charge >= 0.3 is 0 Å². The van der Waals surface area contributed by atoms with Gasteiger partial charge in [-0.05, 0) is 25.2 Å². The highest BCUT2D eigenvalue weighted by atomic mass is 35.5. The summed E-state index contributed by atoms with van der Waals surface area (Å²) in [7, 11) is 0. The summed E-state index contributed by atoms with van der Waals surface area (Å²) in [5.41, 5.74) is 1.33. The van der Waals surface area contributed by atoms with Crippen LogP contribution in [-0.2, 0) is 0 Å².